The van der Waals surface area contributed by atoms with Crippen molar-refractivity contribution in [3.8, 4) is 0 Å². The van der Waals surface area contributed by atoms with Gasteiger partial charge in [0.2, 0.25) is 0 Å². The lowest BCUT2D eigenvalue weighted by atomic mass is 9.79. The highest BCUT2D eigenvalue weighted by molar-refractivity contribution is 5.75. The van der Waals surface area contributed by atoms with Gasteiger partial charge in [-0.15, -0.1) is 0 Å². The van der Waals surface area contributed by atoms with Crippen LogP contribution < -0.4 is 10.6 Å². The molecule has 0 spiro atoms. The van der Waals surface area contributed by atoms with Crippen LogP contribution in [0.4, 0.5) is 9.18 Å². The van der Waals surface area contributed by atoms with Gasteiger partial charge < -0.3 is 15.5 Å². The molecule has 2 amide bonds. The van der Waals surface area contributed by atoms with E-state index in [-0.39, 0.29) is 29.0 Å². The minimum absolute atomic E-state index is 0.00106. The molecule has 25 heavy (non-hydrogen) atoms. The molecule has 1 aromatic carbocycles. The standard InChI is InChI=1S/C20H30FN3O/c1-19(2)11-16(12-20(3,4)23-19)22-18(25)24(17-9-10-17)13-14-5-7-15(21)8-6-14/h5-8,16-17,23H,9-13H2,1-4H3,(H,22,25). The summed E-state index contributed by atoms with van der Waals surface area (Å²) in [5.41, 5.74) is 0.969. The van der Waals surface area contributed by atoms with Crippen molar-refractivity contribution in [2.24, 2.45) is 0 Å². The summed E-state index contributed by atoms with van der Waals surface area (Å²) in [5, 5.41) is 6.90. The predicted molar refractivity (Wildman–Crippen MR) is 97.8 cm³/mol. The first-order chi connectivity index (χ1) is 11.6. The van der Waals surface area contributed by atoms with Gasteiger partial charge in [0, 0.05) is 29.7 Å². The number of nitrogens with zero attached hydrogens (tertiary/aromatic N) is 1. The van der Waals surface area contributed by atoms with Crippen LogP contribution in [0.25, 0.3) is 0 Å². The summed E-state index contributed by atoms with van der Waals surface area (Å²) < 4.78 is 13.1. The zero-order valence-electron chi connectivity index (χ0n) is 15.7. The summed E-state index contributed by atoms with van der Waals surface area (Å²) >= 11 is 0. The van der Waals surface area contributed by atoms with E-state index in [0.29, 0.717) is 12.6 Å². The summed E-state index contributed by atoms with van der Waals surface area (Å²) in [4.78, 5) is 14.8. The number of carbonyl (C=O) groups is 1. The van der Waals surface area contributed by atoms with Gasteiger partial charge >= 0.3 is 6.03 Å². The Bertz CT molecular complexity index is 606. The maximum absolute atomic E-state index is 13.1. The van der Waals surface area contributed by atoms with Crippen molar-refractivity contribution in [2.75, 3.05) is 0 Å². The number of rotatable bonds is 4. The molecule has 2 aliphatic rings. The monoisotopic (exact) mass is 347 g/mol. The van der Waals surface area contributed by atoms with Crippen molar-refractivity contribution >= 4 is 6.03 Å². The van der Waals surface area contributed by atoms with E-state index in [0.717, 1.165) is 31.2 Å². The highest BCUT2D eigenvalue weighted by Crippen LogP contribution is 2.31. The minimum atomic E-state index is -0.245. The molecule has 4 nitrogen and oxygen atoms in total. The molecule has 1 heterocycles. The summed E-state index contributed by atoms with van der Waals surface area (Å²) in [6.07, 6.45) is 3.93. The van der Waals surface area contributed by atoms with Crippen molar-refractivity contribution in [2.45, 2.75) is 83.1 Å². The van der Waals surface area contributed by atoms with Gasteiger partial charge in [0.25, 0.3) is 0 Å². The summed E-state index contributed by atoms with van der Waals surface area (Å²) in [6, 6.07) is 6.90. The molecule has 2 fully saturated rings. The molecule has 1 saturated carbocycles. The second-order valence-corrected chi connectivity index (χ2v) is 8.93. The Hall–Kier alpha value is -1.62. The number of hydrogen-bond acceptors (Lipinski definition) is 2. The van der Waals surface area contributed by atoms with Gasteiger partial charge in [-0.25, -0.2) is 9.18 Å². The average Bonchev–Trinajstić information content (AvgIpc) is 3.27. The van der Waals surface area contributed by atoms with E-state index in [1.807, 2.05) is 4.90 Å². The van der Waals surface area contributed by atoms with Crippen LogP contribution in [0.2, 0.25) is 0 Å². The normalized spacial score (nSPS) is 22.4. The van der Waals surface area contributed by atoms with Crippen molar-refractivity contribution in [1.82, 2.24) is 15.5 Å². The fraction of sp³-hybridized carbons (Fsp3) is 0.650. The van der Waals surface area contributed by atoms with Crippen LogP contribution in [0.3, 0.4) is 0 Å². The highest BCUT2D eigenvalue weighted by Gasteiger charge is 2.40. The Morgan fingerprint density at radius 2 is 1.72 bits per heavy atom. The lowest BCUT2D eigenvalue weighted by molar-refractivity contribution is 0.137. The fourth-order valence-corrected chi connectivity index (χ4v) is 4.22. The molecule has 1 aliphatic carbocycles. The third-order valence-corrected chi connectivity index (χ3v) is 5.03. The van der Waals surface area contributed by atoms with E-state index in [9.17, 15) is 9.18 Å². The Morgan fingerprint density at radius 1 is 1.16 bits per heavy atom. The molecule has 0 unspecified atom stereocenters. The molecule has 5 heteroatoms. The van der Waals surface area contributed by atoms with Crippen LogP contribution in [-0.4, -0.2) is 34.1 Å². The predicted octanol–water partition coefficient (Wildman–Crippen LogP) is 3.81. The number of amides is 2. The Labute approximate surface area is 150 Å². The van der Waals surface area contributed by atoms with E-state index < -0.39 is 0 Å². The quantitative estimate of drug-likeness (QED) is 0.870. The van der Waals surface area contributed by atoms with Crippen LogP contribution in [0.5, 0.6) is 0 Å². The average molecular weight is 347 g/mol. The lowest BCUT2D eigenvalue weighted by Crippen LogP contribution is -2.63. The summed E-state index contributed by atoms with van der Waals surface area (Å²) in [6.45, 7) is 9.28. The largest absolute Gasteiger partial charge is 0.335 e. The maximum atomic E-state index is 13.1. The first kappa shape index (κ1) is 18.2. The van der Waals surface area contributed by atoms with Crippen molar-refractivity contribution in [3.05, 3.63) is 35.6 Å². The zero-order valence-corrected chi connectivity index (χ0v) is 15.7. The number of halogens is 1. The fourth-order valence-electron chi connectivity index (χ4n) is 4.22. The van der Waals surface area contributed by atoms with Crippen LogP contribution in [-0.2, 0) is 6.54 Å². The van der Waals surface area contributed by atoms with Gasteiger partial charge in [-0.2, -0.15) is 0 Å². The van der Waals surface area contributed by atoms with Crippen molar-refractivity contribution < 1.29 is 9.18 Å². The molecule has 1 aliphatic heterocycles. The summed E-state index contributed by atoms with van der Waals surface area (Å²) in [7, 11) is 0. The number of nitrogens with one attached hydrogen (secondary N) is 2. The number of urea groups is 1. The molecule has 0 aromatic heterocycles. The van der Waals surface area contributed by atoms with Gasteiger partial charge in [-0.3, -0.25) is 0 Å². The second-order valence-electron chi connectivity index (χ2n) is 8.93. The lowest BCUT2D eigenvalue weighted by Gasteiger charge is -2.47. The van der Waals surface area contributed by atoms with Crippen molar-refractivity contribution in [3.63, 3.8) is 0 Å². The van der Waals surface area contributed by atoms with E-state index in [4.69, 9.17) is 0 Å². The highest BCUT2D eigenvalue weighted by atomic mass is 19.1. The van der Waals surface area contributed by atoms with Crippen LogP contribution in [0, 0.1) is 5.82 Å². The minimum Gasteiger partial charge on any atom is -0.335 e. The van der Waals surface area contributed by atoms with Crippen LogP contribution in [0.15, 0.2) is 24.3 Å². The van der Waals surface area contributed by atoms with Crippen molar-refractivity contribution in [1.29, 1.82) is 0 Å². The van der Waals surface area contributed by atoms with E-state index >= 15 is 0 Å². The smallest absolute Gasteiger partial charge is 0.318 e. The molecule has 0 bridgehead atoms. The zero-order chi connectivity index (χ0) is 18.2. The van der Waals surface area contributed by atoms with E-state index in [2.05, 4.69) is 38.3 Å². The van der Waals surface area contributed by atoms with E-state index in [1.54, 1.807) is 12.1 Å². The molecule has 1 saturated heterocycles. The van der Waals surface area contributed by atoms with Gasteiger partial charge in [-0.1, -0.05) is 12.1 Å². The van der Waals surface area contributed by atoms with Crippen LogP contribution >= 0.6 is 0 Å². The van der Waals surface area contributed by atoms with E-state index in [1.165, 1.54) is 12.1 Å². The molecular weight excluding hydrogens is 317 g/mol. The van der Waals surface area contributed by atoms with Gasteiger partial charge in [0.15, 0.2) is 0 Å². The molecule has 2 N–H and O–H groups in total. The Kier molecular flexibility index (Phi) is 4.80. The van der Waals surface area contributed by atoms with Gasteiger partial charge in [0.05, 0.1) is 0 Å². The first-order valence-corrected chi connectivity index (χ1v) is 9.24. The Morgan fingerprint density at radius 3 is 2.24 bits per heavy atom. The van der Waals surface area contributed by atoms with Crippen LogP contribution in [0.1, 0.15) is 58.9 Å². The van der Waals surface area contributed by atoms with Gasteiger partial charge in [0.1, 0.15) is 5.82 Å². The molecule has 3 rings (SSSR count). The first-order valence-electron chi connectivity index (χ1n) is 9.24. The third kappa shape index (κ3) is 4.94. The van der Waals surface area contributed by atoms with Gasteiger partial charge in [-0.05, 0) is 71.1 Å². The number of hydrogen-bond donors (Lipinski definition) is 2. The summed E-state index contributed by atoms with van der Waals surface area (Å²) in [5.74, 6) is -0.245. The maximum Gasteiger partial charge on any atom is 0.318 e. The number of benzene rings is 1. The SMILES string of the molecule is CC1(C)CC(NC(=O)N(Cc2ccc(F)cc2)C2CC2)CC(C)(C)N1. The molecule has 0 atom stereocenters. The molecule has 138 valence electrons. The molecular formula is C20H30FN3O. The number of carbonyl (C=O) groups excluding carboxylic acids is 1. The molecule has 0 radical (unpaired) electrons. The number of piperidine rings is 1. The second kappa shape index (κ2) is 6.60. The third-order valence-electron chi connectivity index (χ3n) is 5.03. The Balaban J connectivity index is 1.66. The topological polar surface area (TPSA) is 44.4 Å². The molecule has 1 aromatic rings.